The van der Waals surface area contributed by atoms with E-state index in [-0.39, 0.29) is 5.91 Å². The minimum Gasteiger partial charge on any atom is -0.457 e. The van der Waals surface area contributed by atoms with Gasteiger partial charge in [0.25, 0.3) is 5.91 Å². The Labute approximate surface area is 228 Å². The number of benzene rings is 4. The third-order valence-corrected chi connectivity index (χ3v) is 7.90. The number of nitrogens with zero attached hydrogens (tertiary/aromatic N) is 2. The summed E-state index contributed by atoms with van der Waals surface area (Å²) in [6, 6.07) is 37.9. The number of nitrogens with one attached hydrogen (secondary N) is 1. The Morgan fingerprint density at radius 1 is 0.769 bits per heavy atom. The molecule has 0 saturated heterocycles. The van der Waals surface area contributed by atoms with Gasteiger partial charge in [-0.05, 0) is 60.2 Å². The second kappa shape index (κ2) is 9.74. The van der Waals surface area contributed by atoms with Gasteiger partial charge in [-0.25, -0.2) is 4.98 Å². The average molecular weight is 526 g/mol. The highest BCUT2D eigenvalue weighted by molar-refractivity contribution is 7.25. The number of fused-ring (bicyclic) bond motifs is 4. The van der Waals surface area contributed by atoms with Crippen molar-refractivity contribution in [2.24, 2.45) is 0 Å². The van der Waals surface area contributed by atoms with Gasteiger partial charge in [0.2, 0.25) is 0 Å². The number of para-hydroxylation sites is 1. The van der Waals surface area contributed by atoms with E-state index in [9.17, 15) is 4.79 Å². The lowest BCUT2D eigenvalue weighted by Crippen LogP contribution is -2.24. The largest absolute Gasteiger partial charge is 0.457 e. The number of hydrogen-bond acceptors (Lipinski definition) is 4. The third-order valence-electron chi connectivity index (χ3n) is 6.75. The molecule has 0 bridgehead atoms. The first kappa shape index (κ1) is 23.2. The number of ether oxygens (including phenoxy) is 1. The number of carbonyl (C=O) groups excluding carboxylic acids is 1. The Morgan fingerprint density at radius 3 is 2.38 bits per heavy atom. The molecule has 6 heteroatoms. The Balaban J connectivity index is 1.18. The van der Waals surface area contributed by atoms with Crippen LogP contribution in [0.25, 0.3) is 37.1 Å². The molecule has 0 aliphatic rings. The summed E-state index contributed by atoms with van der Waals surface area (Å²) >= 11 is 1.77. The molecular formula is C33H23N3O2S. The predicted octanol–water partition coefficient (Wildman–Crippen LogP) is 8.09. The van der Waals surface area contributed by atoms with Crippen molar-refractivity contribution < 1.29 is 9.53 Å². The van der Waals surface area contributed by atoms with Crippen molar-refractivity contribution in [3.8, 4) is 22.8 Å². The fraction of sp³-hybridized carbons (Fsp3) is 0.0303. The summed E-state index contributed by atoms with van der Waals surface area (Å²) in [6.45, 7) is 0.387. The summed E-state index contributed by atoms with van der Waals surface area (Å²) in [5, 5.41) is 5.49. The van der Waals surface area contributed by atoms with Gasteiger partial charge < -0.3 is 10.1 Å². The number of imidazole rings is 1. The van der Waals surface area contributed by atoms with Crippen LogP contribution in [-0.4, -0.2) is 15.3 Å². The van der Waals surface area contributed by atoms with Gasteiger partial charge in [0.1, 0.15) is 28.5 Å². The molecule has 188 valence electrons. The average Bonchev–Trinajstić information content (AvgIpc) is 3.56. The number of hydrogen-bond donors (Lipinski definition) is 1. The van der Waals surface area contributed by atoms with E-state index in [1.54, 1.807) is 11.3 Å². The standard InChI is InChI=1S/C33H23N3O2S/c37-33(34-21-22-13-16-25(17-14-22)38-24-8-2-1-3-9-24)32-31(35-30-12-6-7-19-36(30)32)23-15-18-29-27(20-23)26-10-4-5-11-28(26)39-29/h1-20H,21H2,(H,34,37). The summed E-state index contributed by atoms with van der Waals surface area (Å²) in [7, 11) is 0. The van der Waals surface area contributed by atoms with Crippen molar-refractivity contribution in [1.29, 1.82) is 0 Å². The fourth-order valence-electron chi connectivity index (χ4n) is 4.85. The number of amides is 1. The molecule has 0 fully saturated rings. The van der Waals surface area contributed by atoms with Crippen LogP contribution in [0.3, 0.4) is 0 Å². The lowest BCUT2D eigenvalue weighted by atomic mass is 10.1. The SMILES string of the molecule is O=C(NCc1ccc(Oc2ccccc2)cc1)c1c(-c2ccc3sc4ccccc4c3c2)nc2ccccn12. The molecule has 5 nitrogen and oxygen atoms in total. The van der Waals surface area contributed by atoms with E-state index < -0.39 is 0 Å². The number of rotatable bonds is 6. The smallest absolute Gasteiger partial charge is 0.270 e. The molecule has 0 spiro atoms. The van der Waals surface area contributed by atoms with Crippen LogP contribution in [0.4, 0.5) is 0 Å². The molecule has 1 amide bonds. The van der Waals surface area contributed by atoms with Crippen LogP contribution in [0.5, 0.6) is 11.5 Å². The van der Waals surface area contributed by atoms with E-state index in [0.29, 0.717) is 17.9 Å². The van der Waals surface area contributed by atoms with E-state index in [1.807, 2.05) is 83.4 Å². The molecule has 0 aliphatic heterocycles. The number of aromatic nitrogens is 2. The second-order valence-electron chi connectivity index (χ2n) is 9.29. The van der Waals surface area contributed by atoms with Crippen molar-refractivity contribution in [2.75, 3.05) is 0 Å². The summed E-state index contributed by atoms with van der Waals surface area (Å²) in [5.74, 6) is 1.35. The van der Waals surface area contributed by atoms with Crippen LogP contribution < -0.4 is 10.1 Å². The summed E-state index contributed by atoms with van der Waals surface area (Å²) in [5.41, 5.74) is 3.82. The fourth-order valence-corrected chi connectivity index (χ4v) is 5.94. The molecular weight excluding hydrogens is 502 g/mol. The first-order valence-electron chi connectivity index (χ1n) is 12.7. The van der Waals surface area contributed by atoms with Gasteiger partial charge in [-0.15, -0.1) is 11.3 Å². The molecule has 3 aromatic heterocycles. The highest BCUT2D eigenvalue weighted by Gasteiger charge is 2.21. The Morgan fingerprint density at radius 2 is 1.51 bits per heavy atom. The van der Waals surface area contributed by atoms with Crippen LogP contribution in [0.15, 0.2) is 121 Å². The van der Waals surface area contributed by atoms with E-state index >= 15 is 0 Å². The molecule has 39 heavy (non-hydrogen) atoms. The predicted molar refractivity (Wildman–Crippen MR) is 158 cm³/mol. The Kier molecular flexibility index (Phi) is 5.79. The van der Waals surface area contributed by atoms with E-state index in [1.165, 1.54) is 20.2 Å². The van der Waals surface area contributed by atoms with Crippen LogP contribution in [0, 0.1) is 0 Å². The van der Waals surface area contributed by atoms with Gasteiger partial charge in [0, 0.05) is 38.5 Å². The van der Waals surface area contributed by atoms with Crippen molar-refractivity contribution in [3.05, 3.63) is 133 Å². The molecule has 7 rings (SSSR count). The Bertz CT molecular complexity index is 1960. The number of carbonyl (C=O) groups is 1. The summed E-state index contributed by atoms with van der Waals surface area (Å²) < 4.78 is 10.2. The van der Waals surface area contributed by atoms with Crippen molar-refractivity contribution in [2.45, 2.75) is 6.54 Å². The highest BCUT2D eigenvalue weighted by Crippen LogP contribution is 2.37. The van der Waals surface area contributed by atoms with Crippen molar-refractivity contribution >= 4 is 43.1 Å². The quantitative estimate of drug-likeness (QED) is 0.239. The first-order chi connectivity index (χ1) is 19.2. The summed E-state index contributed by atoms with van der Waals surface area (Å²) in [6.07, 6.45) is 1.88. The zero-order chi connectivity index (χ0) is 26.2. The topological polar surface area (TPSA) is 55.6 Å². The van der Waals surface area contributed by atoms with E-state index in [0.717, 1.165) is 28.3 Å². The maximum Gasteiger partial charge on any atom is 0.270 e. The summed E-state index contributed by atoms with van der Waals surface area (Å²) in [4.78, 5) is 18.5. The number of thiophene rings is 1. The van der Waals surface area contributed by atoms with Crippen LogP contribution in [0.2, 0.25) is 0 Å². The lowest BCUT2D eigenvalue weighted by Gasteiger charge is -2.09. The van der Waals surface area contributed by atoms with Gasteiger partial charge >= 0.3 is 0 Å². The molecule has 7 aromatic rings. The minimum absolute atomic E-state index is 0.177. The maximum absolute atomic E-state index is 13.6. The molecule has 4 aromatic carbocycles. The maximum atomic E-state index is 13.6. The van der Waals surface area contributed by atoms with Gasteiger partial charge in [0.15, 0.2) is 0 Å². The molecule has 0 saturated carbocycles. The molecule has 3 heterocycles. The highest BCUT2D eigenvalue weighted by atomic mass is 32.1. The zero-order valence-electron chi connectivity index (χ0n) is 20.9. The van der Waals surface area contributed by atoms with Gasteiger partial charge in [0.05, 0.1) is 0 Å². The molecule has 0 atom stereocenters. The normalized spacial score (nSPS) is 11.3. The van der Waals surface area contributed by atoms with Crippen LogP contribution >= 0.6 is 11.3 Å². The van der Waals surface area contributed by atoms with E-state index in [2.05, 4.69) is 47.8 Å². The zero-order valence-corrected chi connectivity index (χ0v) is 21.7. The van der Waals surface area contributed by atoms with Crippen molar-refractivity contribution in [1.82, 2.24) is 14.7 Å². The van der Waals surface area contributed by atoms with Crippen LogP contribution in [-0.2, 0) is 6.54 Å². The van der Waals surface area contributed by atoms with Crippen LogP contribution in [0.1, 0.15) is 16.1 Å². The molecule has 0 aliphatic carbocycles. The van der Waals surface area contributed by atoms with Crippen molar-refractivity contribution in [3.63, 3.8) is 0 Å². The number of pyridine rings is 1. The first-order valence-corrected chi connectivity index (χ1v) is 13.5. The second-order valence-corrected chi connectivity index (χ2v) is 10.4. The van der Waals surface area contributed by atoms with E-state index in [4.69, 9.17) is 9.72 Å². The van der Waals surface area contributed by atoms with Gasteiger partial charge in [-0.1, -0.05) is 60.7 Å². The van der Waals surface area contributed by atoms with Gasteiger partial charge in [-0.2, -0.15) is 0 Å². The Hall–Kier alpha value is -4.94. The molecule has 0 unspecified atom stereocenters. The minimum atomic E-state index is -0.177. The third kappa shape index (κ3) is 4.41. The van der Waals surface area contributed by atoms with Gasteiger partial charge in [-0.3, -0.25) is 9.20 Å². The monoisotopic (exact) mass is 525 g/mol. The lowest BCUT2D eigenvalue weighted by molar-refractivity contribution is 0.0945. The molecule has 0 radical (unpaired) electrons. The molecule has 1 N–H and O–H groups in total.